The minimum Gasteiger partial charge on any atom is -0.346 e. The minimum absolute atomic E-state index is 0.245. The van der Waals surface area contributed by atoms with Gasteiger partial charge in [-0.25, -0.2) is 9.07 Å². The summed E-state index contributed by atoms with van der Waals surface area (Å²) in [6.45, 7) is 2.19. The van der Waals surface area contributed by atoms with Crippen LogP contribution in [0.3, 0.4) is 0 Å². The van der Waals surface area contributed by atoms with E-state index in [1.54, 1.807) is 6.07 Å². The lowest BCUT2D eigenvalue weighted by Crippen LogP contribution is -2.29. The Morgan fingerprint density at radius 2 is 1.96 bits per heavy atom. The van der Waals surface area contributed by atoms with Gasteiger partial charge in [-0.2, -0.15) is 0 Å². The summed E-state index contributed by atoms with van der Waals surface area (Å²) in [6, 6.07) is 14.1. The Balaban J connectivity index is 1.47. The molecule has 1 fully saturated rings. The Bertz CT molecular complexity index is 950. The van der Waals surface area contributed by atoms with Gasteiger partial charge in [0.25, 0.3) is 5.91 Å². The zero-order chi connectivity index (χ0) is 19.3. The Morgan fingerprint density at radius 3 is 2.75 bits per heavy atom. The number of hydrogen-bond acceptors (Lipinski definition) is 4. The van der Waals surface area contributed by atoms with E-state index < -0.39 is 5.82 Å². The van der Waals surface area contributed by atoms with Crippen LogP contribution in [0.25, 0.3) is 11.1 Å². The van der Waals surface area contributed by atoms with Crippen LogP contribution >= 0.6 is 0 Å². The third kappa shape index (κ3) is 4.09. The van der Waals surface area contributed by atoms with Gasteiger partial charge in [-0.3, -0.25) is 4.79 Å². The fraction of sp³-hybridized carbons (Fsp3) is 0.286. The summed E-state index contributed by atoms with van der Waals surface area (Å²) >= 11 is 0. The van der Waals surface area contributed by atoms with Gasteiger partial charge in [-0.15, -0.1) is 5.10 Å². The minimum atomic E-state index is -0.443. The van der Waals surface area contributed by atoms with E-state index in [4.69, 9.17) is 0 Å². The van der Waals surface area contributed by atoms with E-state index in [2.05, 4.69) is 20.9 Å². The molecule has 4 rings (SSSR count). The summed E-state index contributed by atoms with van der Waals surface area (Å²) in [6.07, 6.45) is 3.90. The molecule has 1 amide bonds. The molecule has 1 aliphatic rings. The summed E-state index contributed by atoms with van der Waals surface area (Å²) in [5, 5.41) is 14.5. The highest BCUT2D eigenvalue weighted by Crippen LogP contribution is 2.24. The van der Waals surface area contributed by atoms with Crippen molar-refractivity contribution < 1.29 is 9.18 Å². The fourth-order valence-electron chi connectivity index (χ4n) is 3.48. The van der Waals surface area contributed by atoms with Gasteiger partial charge in [-0.05, 0) is 49.2 Å². The summed E-state index contributed by atoms with van der Waals surface area (Å²) in [5.74, 6) is -0.781. The van der Waals surface area contributed by atoms with Gasteiger partial charge in [0.2, 0.25) is 0 Å². The second-order valence-corrected chi connectivity index (χ2v) is 6.91. The number of rotatable bonds is 5. The van der Waals surface area contributed by atoms with Crippen LogP contribution in [0, 0.1) is 5.82 Å². The molecule has 1 aromatic heterocycles. The molecule has 0 atom stereocenters. The largest absolute Gasteiger partial charge is 0.346 e. The number of halogens is 1. The van der Waals surface area contributed by atoms with Crippen LogP contribution < -0.4 is 10.6 Å². The predicted molar refractivity (Wildman–Crippen MR) is 104 cm³/mol. The molecule has 2 N–H and O–H groups in total. The zero-order valence-electron chi connectivity index (χ0n) is 15.4. The highest BCUT2D eigenvalue weighted by atomic mass is 19.1. The van der Waals surface area contributed by atoms with Crippen molar-refractivity contribution in [2.75, 3.05) is 13.1 Å². The molecule has 0 spiro atoms. The number of benzene rings is 2. The lowest BCUT2D eigenvalue weighted by atomic mass is 9.99. The lowest BCUT2D eigenvalue weighted by Gasteiger charge is -2.22. The maximum absolute atomic E-state index is 13.8. The molecule has 0 aliphatic carbocycles. The number of amides is 1. The maximum Gasteiger partial charge on any atom is 0.252 e. The second kappa shape index (κ2) is 8.31. The highest BCUT2D eigenvalue weighted by molar-refractivity contribution is 6.00. The van der Waals surface area contributed by atoms with Crippen LogP contribution in [0.1, 0.15) is 34.9 Å². The van der Waals surface area contributed by atoms with E-state index in [1.807, 2.05) is 41.2 Å². The summed E-state index contributed by atoms with van der Waals surface area (Å²) in [7, 11) is 0. The van der Waals surface area contributed by atoms with Crippen LogP contribution in [0.2, 0.25) is 0 Å². The Kier molecular flexibility index (Phi) is 5.43. The molecule has 3 aromatic rings. The maximum atomic E-state index is 13.8. The number of aromatic nitrogens is 3. The van der Waals surface area contributed by atoms with E-state index in [-0.39, 0.29) is 12.5 Å². The number of carbonyl (C=O) groups is 1. The Labute approximate surface area is 162 Å². The molecule has 28 heavy (non-hydrogen) atoms. The molecule has 7 heteroatoms. The van der Waals surface area contributed by atoms with Gasteiger partial charge < -0.3 is 10.6 Å². The van der Waals surface area contributed by atoms with Gasteiger partial charge in [0.05, 0.1) is 24.3 Å². The first-order valence-electron chi connectivity index (χ1n) is 9.45. The molecule has 0 saturated carbocycles. The van der Waals surface area contributed by atoms with E-state index in [9.17, 15) is 9.18 Å². The molecule has 1 aliphatic heterocycles. The lowest BCUT2D eigenvalue weighted by molar-refractivity contribution is 0.0950. The highest BCUT2D eigenvalue weighted by Gasteiger charge is 2.18. The summed E-state index contributed by atoms with van der Waals surface area (Å²) < 4.78 is 15.7. The van der Waals surface area contributed by atoms with Crippen LogP contribution in [-0.4, -0.2) is 34.0 Å². The van der Waals surface area contributed by atoms with Crippen LogP contribution in [-0.2, 0) is 6.54 Å². The first-order chi connectivity index (χ1) is 13.7. The number of hydrogen-bond donors (Lipinski definition) is 2. The normalized spacial score (nSPS) is 14.8. The molecule has 144 valence electrons. The zero-order valence-corrected chi connectivity index (χ0v) is 15.4. The molecule has 0 radical (unpaired) electrons. The molecule has 0 unspecified atom stereocenters. The summed E-state index contributed by atoms with van der Waals surface area (Å²) in [5.41, 5.74) is 2.55. The van der Waals surface area contributed by atoms with E-state index >= 15 is 0 Å². The number of nitrogens with one attached hydrogen (secondary N) is 2. The average Bonchev–Trinajstić information content (AvgIpc) is 3.22. The molecule has 6 nitrogen and oxygen atoms in total. The first-order valence-corrected chi connectivity index (χ1v) is 9.45. The standard InChI is InChI=1S/C21H22FN5O/c22-16-6-7-19(15-4-2-1-3-5-15)20(12-16)21(28)24-13-17-14-27(26-25-17)18-8-10-23-11-9-18/h1-7,12,14,18,23H,8-11,13H2,(H,24,28). The molecule has 0 bridgehead atoms. The Morgan fingerprint density at radius 1 is 1.18 bits per heavy atom. The van der Waals surface area contributed by atoms with Gasteiger partial charge in [0.1, 0.15) is 11.5 Å². The Hall–Kier alpha value is -3.06. The monoisotopic (exact) mass is 379 g/mol. The van der Waals surface area contributed by atoms with Crippen molar-refractivity contribution in [2.24, 2.45) is 0 Å². The van der Waals surface area contributed by atoms with Crippen LogP contribution in [0.15, 0.2) is 54.7 Å². The summed E-state index contributed by atoms with van der Waals surface area (Å²) in [4.78, 5) is 12.7. The van der Waals surface area contributed by atoms with Crippen LogP contribution in [0.4, 0.5) is 4.39 Å². The number of nitrogens with zero attached hydrogens (tertiary/aromatic N) is 3. The fourth-order valence-corrected chi connectivity index (χ4v) is 3.48. The topological polar surface area (TPSA) is 71.8 Å². The third-order valence-electron chi connectivity index (χ3n) is 4.98. The molecular formula is C21H22FN5O. The molecule has 2 aromatic carbocycles. The van der Waals surface area contributed by atoms with Crippen LogP contribution in [0.5, 0.6) is 0 Å². The van der Waals surface area contributed by atoms with Crippen molar-refractivity contribution in [1.82, 2.24) is 25.6 Å². The van der Waals surface area contributed by atoms with Crippen molar-refractivity contribution in [3.05, 3.63) is 71.8 Å². The average molecular weight is 379 g/mol. The molecule has 2 heterocycles. The number of piperidine rings is 1. The molecular weight excluding hydrogens is 357 g/mol. The smallest absolute Gasteiger partial charge is 0.252 e. The van der Waals surface area contributed by atoms with Crippen molar-refractivity contribution >= 4 is 5.91 Å². The van der Waals surface area contributed by atoms with Crippen molar-refractivity contribution in [1.29, 1.82) is 0 Å². The van der Waals surface area contributed by atoms with Crippen molar-refractivity contribution in [2.45, 2.75) is 25.4 Å². The number of carbonyl (C=O) groups excluding carboxylic acids is 1. The van der Waals surface area contributed by atoms with Gasteiger partial charge in [0, 0.05) is 0 Å². The predicted octanol–water partition coefficient (Wildman–Crippen LogP) is 2.94. The van der Waals surface area contributed by atoms with Gasteiger partial charge in [-0.1, -0.05) is 41.6 Å². The third-order valence-corrected chi connectivity index (χ3v) is 4.98. The van der Waals surface area contributed by atoms with Crippen molar-refractivity contribution in [3.63, 3.8) is 0 Å². The van der Waals surface area contributed by atoms with Gasteiger partial charge >= 0.3 is 0 Å². The quantitative estimate of drug-likeness (QED) is 0.715. The van der Waals surface area contributed by atoms with E-state index in [0.717, 1.165) is 31.5 Å². The van der Waals surface area contributed by atoms with E-state index in [1.165, 1.54) is 12.1 Å². The molecule has 1 saturated heterocycles. The van der Waals surface area contributed by atoms with E-state index in [0.29, 0.717) is 22.9 Å². The second-order valence-electron chi connectivity index (χ2n) is 6.91. The van der Waals surface area contributed by atoms with Crippen molar-refractivity contribution in [3.8, 4) is 11.1 Å². The van der Waals surface area contributed by atoms with Gasteiger partial charge in [0.15, 0.2) is 0 Å². The SMILES string of the molecule is O=C(NCc1cn(C2CCNCC2)nn1)c1cc(F)ccc1-c1ccccc1. The first kappa shape index (κ1) is 18.3.